The molecule has 0 unspecified atom stereocenters. The van der Waals surface area contributed by atoms with Gasteiger partial charge in [-0.25, -0.2) is 9.37 Å². The highest BCUT2D eigenvalue weighted by atomic mass is 32.2. The number of aromatic nitrogens is 4. The quantitative estimate of drug-likeness (QED) is 0.709. The Balaban J connectivity index is 1.63. The van der Waals surface area contributed by atoms with E-state index in [0.717, 1.165) is 17.0 Å². The monoisotopic (exact) mass is 359 g/mol. The van der Waals surface area contributed by atoms with Crippen LogP contribution in [0.4, 0.5) is 4.39 Å². The Morgan fingerprint density at radius 2 is 2.00 bits per heavy atom. The van der Waals surface area contributed by atoms with E-state index in [4.69, 9.17) is 0 Å². The summed E-state index contributed by atoms with van der Waals surface area (Å²) < 4.78 is 14.8. The molecule has 130 valence electrons. The number of hydrogen-bond acceptors (Lipinski definition) is 5. The largest absolute Gasteiger partial charge is 0.349 e. The van der Waals surface area contributed by atoms with E-state index in [1.54, 1.807) is 12.1 Å². The van der Waals surface area contributed by atoms with Crippen molar-refractivity contribution in [1.29, 1.82) is 0 Å². The number of amides is 1. The van der Waals surface area contributed by atoms with Crippen LogP contribution in [0.5, 0.6) is 0 Å². The van der Waals surface area contributed by atoms with Crippen molar-refractivity contribution in [2.45, 2.75) is 32.0 Å². The summed E-state index contributed by atoms with van der Waals surface area (Å²) in [6, 6.07) is 7.83. The first kappa shape index (κ1) is 17.3. The molecule has 3 rings (SSSR count). The zero-order valence-electron chi connectivity index (χ0n) is 14.2. The van der Waals surface area contributed by atoms with E-state index in [1.165, 1.54) is 23.9 Å². The molecule has 2 aromatic heterocycles. The lowest BCUT2D eigenvalue weighted by Crippen LogP contribution is -2.28. The van der Waals surface area contributed by atoms with Gasteiger partial charge in [-0.05, 0) is 44.5 Å². The van der Waals surface area contributed by atoms with Crippen LogP contribution in [0.3, 0.4) is 0 Å². The molecular formula is C17H18FN5OS. The summed E-state index contributed by atoms with van der Waals surface area (Å²) in [5, 5.41) is 11.7. The number of thioether (sulfide) groups is 1. The molecule has 1 aromatic carbocycles. The maximum Gasteiger partial charge on any atom is 0.256 e. The summed E-state index contributed by atoms with van der Waals surface area (Å²) in [6.07, 6.45) is 0. The Labute approximate surface area is 148 Å². The van der Waals surface area contributed by atoms with Gasteiger partial charge in [-0.1, -0.05) is 23.9 Å². The molecule has 0 aliphatic rings. The van der Waals surface area contributed by atoms with Crippen molar-refractivity contribution in [2.24, 2.45) is 0 Å². The Morgan fingerprint density at radius 1 is 1.28 bits per heavy atom. The lowest BCUT2D eigenvalue weighted by atomic mass is 10.1. The molecule has 6 nitrogen and oxygen atoms in total. The topological polar surface area (TPSA) is 72.2 Å². The molecule has 25 heavy (non-hydrogen) atoms. The van der Waals surface area contributed by atoms with E-state index in [9.17, 15) is 9.18 Å². The molecule has 8 heteroatoms. The summed E-state index contributed by atoms with van der Waals surface area (Å²) in [7, 11) is 0. The Bertz CT molecular complexity index is 909. The molecule has 3 aromatic rings. The van der Waals surface area contributed by atoms with Crippen LogP contribution < -0.4 is 5.32 Å². The summed E-state index contributed by atoms with van der Waals surface area (Å²) in [5.41, 5.74) is 2.69. The van der Waals surface area contributed by atoms with Gasteiger partial charge in [0.2, 0.25) is 5.91 Å². The van der Waals surface area contributed by atoms with Crippen LogP contribution in [-0.4, -0.2) is 31.2 Å². The van der Waals surface area contributed by atoms with Gasteiger partial charge in [0.15, 0.2) is 5.16 Å². The van der Waals surface area contributed by atoms with Crippen LogP contribution in [0.1, 0.15) is 29.9 Å². The van der Waals surface area contributed by atoms with Crippen LogP contribution >= 0.6 is 11.8 Å². The van der Waals surface area contributed by atoms with Gasteiger partial charge in [-0.2, -0.15) is 0 Å². The van der Waals surface area contributed by atoms with Gasteiger partial charge in [0.25, 0.3) is 5.78 Å². The number of aryl methyl sites for hydroxylation is 2. The fourth-order valence-corrected chi connectivity index (χ4v) is 3.34. The van der Waals surface area contributed by atoms with Crippen LogP contribution in [0, 0.1) is 19.7 Å². The van der Waals surface area contributed by atoms with Crippen molar-refractivity contribution in [3.05, 3.63) is 53.1 Å². The molecule has 0 aliphatic heterocycles. The highest BCUT2D eigenvalue weighted by molar-refractivity contribution is 7.99. The van der Waals surface area contributed by atoms with E-state index in [2.05, 4.69) is 20.5 Å². The number of nitrogens with one attached hydrogen (secondary N) is 1. The zero-order chi connectivity index (χ0) is 18.0. The maximum atomic E-state index is 13.0. The summed E-state index contributed by atoms with van der Waals surface area (Å²) >= 11 is 1.30. The van der Waals surface area contributed by atoms with Crippen LogP contribution in [0.2, 0.25) is 0 Å². The van der Waals surface area contributed by atoms with E-state index in [-0.39, 0.29) is 23.5 Å². The highest BCUT2D eigenvalue weighted by Crippen LogP contribution is 2.19. The van der Waals surface area contributed by atoms with Crippen molar-refractivity contribution in [2.75, 3.05) is 5.75 Å². The molecule has 1 N–H and O–H groups in total. The second kappa shape index (κ2) is 7.18. The van der Waals surface area contributed by atoms with Crippen molar-refractivity contribution in [3.8, 4) is 0 Å². The zero-order valence-corrected chi connectivity index (χ0v) is 15.0. The number of fused-ring (bicyclic) bond motifs is 1. The molecule has 0 saturated carbocycles. The molecule has 0 saturated heterocycles. The van der Waals surface area contributed by atoms with Crippen LogP contribution in [-0.2, 0) is 4.79 Å². The predicted molar refractivity (Wildman–Crippen MR) is 93.9 cm³/mol. The van der Waals surface area contributed by atoms with Crippen LogP contribution in [0.15, 0.2) is 35.5 Å². The fraction of sp³-hybridized carbons (Fsp3) is 0.294. The van der Waals surface area contributed by atoms with Gasteiger partial charge in [-0.15, -0.1) is 10.2 Å². The molecule has 0 radical (unpaired) electrons. The summed E-state index contributed by atoms with van der Waals surface area (Å²) in [4.78, 5) is 16.5. The third kappa shape index (κ3) is 3.96. The SMILES string of the molecule is Cc1cc(C)n2c(SCC(=O)N[C@@H](C)c3ccc(F)cc3)nnc2n1. The third-order valence-electron chi connectivity index (χ3n) is 3.74. The number of benzene rings is 1. The molecule has 1 atom stereocenters. The van der Waals surface area contributed by atoms with Crippen molar-refractivity contribution < 1.29 is 9.18 Å². The number of rotatable bonds is 5. The predicted octanol–water partition coefficient (Wildman–Crippen LogP) is 2.85. The smallest absolute Gasteiger partial charge is 0.256 e. The number of halogens is 1. The lowest BCUT2D eigenvalue weighted by molar-refractivity contribution is -0.119. The van der Waals surface area contributed by atoms with Gasteiger partial charge < -0.3 is 5.32 Å². The summed E-state index contributed by atoms with van der Waals surface area (Å²) in [6.45, 7) is 5.71. The molecule has 1 amide bonds. The first-order chi connectivity index (χ1) is 11.9. The number of carbonyl (C=O) groups is 1. The maximum absolute atomic E-state index is 13.0. The van der Waals surface area contributed by atoms with Crippen LogP contribution in [0.25, 0.3) is 5.78 Å². The second-order valence-electron chi connectivity index (χ2n) is 5.79. The molecule has 0 spiro atoms. The minimum absolute atomic E-state index is 0.128. The first-order valence-corrected chi connectivity index (χ1v) is 8.79. The molecule has 0 aliphatic carbocycles. The van der Waals surface area contributed by atoms with Gasteiger partial charge >= 0.3 is 0 Å². The average Bonchev–Trinajstić information content (AvgIpc) is 2.96. The Hall–Kier alpha value is -2.48. The molecule has 0 fully saturated rings. The molecule has 2 heterocycles. The van der Waals surface area contributed by atoms with Gasteiger partial charge in [0.1, 0.15) is 5.82 Å². The molecule has 0 bridgehead atoms. The number of nitrogens with zero attached hydrogens (tertiary/aromatic N) is 4. The van der Waals surface area contributed by atoms with Gasteiger partial charge in [0.05, 0.1) is 11.8 Å². The minimum atomic E-state index is -0.296. The Kier molecular flexibility index (Phi) is 4.98. The van der Waals surface area contributed by atoms with Crippen molar-refractivity contribution in [1.82, 2.24) is 24.9 Å². The minimum Gasteiger partial charge on any atom is -0.349 e. The lowest BCUT2D eigenvalue weighted by Gasteiger charge is -2.14. The number of hydrogen-bond donors (Lipinski definition) is 1. The molecular weight excluding hydrogens is 341 g/mol. The second-order valence-corrected chi connectivity index (χ2v) is 6.73. The van der Waals surface area contributed by atoms with E-state index < -0.39 is 0 Å². The van der Waals surface area contributed by atoms with Crippen molar-refractivity contribution >= 4 is 23.4 Å². The third-order valence-corrected chi connectivity index (χ3v) is 4.67. The fourth-order valence-electron chi connectivity index (χ4n) is 2.54. The van der Waals surface area contributed by atoms with E-state index >= 15 is 0 Å². The Morgan fingerprint density at radius 3 is 2.72 bits per heavy atom. The number of carbonyl (C=O) groups excluding carboxylic acids is 1. The van der Waals surface area contributed by atoms with Crippen molar-refractivity contribution in [3.63, 3.8) is 0 Å². The van der Waals surface area contributed by atoms with Gasteiger partial charge in [0, 0.05) is 11.4 Å². The first-order valence-electron chi connectivity index (χ1n) is 7.81. The van der Waals surface area contributed by atoms with E-state index in [0.29, 0.717) is 10.9 Å². The van der Waals surface area contributed by atoms with Gasteiger partial charge in [-0.3, -0.25) is 9.20 Å². The highest BCUT2D eigenvalue weighted by Gasteiger charge is 2.14. The average molecular weight is 359 g/mol. The normalized spacial score (nSPS) is 12.3. The van der Waals surface area contributed by atoms with E-state index in [1.807, 2.05) is 31.2 Å². The summed E-state index contributed by atoms with van der Waals surface area (Å²) in [5.74, 6) is 0.312. The standard InChI is InChI=1S/C17H18FN5OS/c1-10-8-11(2)23-16(19-10)21-22-17(23)25-9-15(24)20-12(3)13-4-6-14(18)7-5-13/h4-8,12H,9H2,1-3H3,(H,20,24)/t12-/m0/s1.